The van der Waals surface area contributed by atoms with Gasteiger partial charge in [0.1, 0.15) is 0 Å². The van der Waals surface area contributed by atoms with Crippen LogP contribution in [0, 0.1) is 23.2 Å². The van der Waals surface area contributed by atoms with Gasteiger partial charge in [-0.05, 0) is 55.8 Å². The summed E-state index contributed by atoms with van der Waals surface area (Å²) in [5, 5.41) is 0. The molecule has 6 nitrogen and oxygen atoms in total. The van der Waals surface area contributed by atoms with Crippen molar-refractivity contribution in [3.8, 4) is 0 Å². The molecule has 3 saturated heterocycles. The van der Waals surface area contributed by atoms with Crippen LogP contribution in [0.15, 0.2) is 0 Å². The summed E-state index contributed by atoms with van der Waals surface area (Å²) in [6.45, 7) is 5.93. The molecule has 0 aromatic heterocycles. The molecular formula is C20H31N3O3. The van der Waals surface area contributed by atoms with Crippen molar-refractivity contribution in [3.63, 3.8) is 0 Å². The molecule has 5 fully saturated rings. The van der Waals surface area contributed by atoms with Crippen molar-refractivity contribution >= 4 is 12.0 Å². The van der Waals surface area contributed by atoms with Gasteiger partial charge in [0.15, 0.2) is 0 Å². The van der Waals surface area contributed by atoms with Crippen LogP contribution in [-0.4, -0.2) is 79.1 Å². The Morgan fingerprint density at radius 1 is 0.962 bits per heavy atom. The van der Waals surface area contributed by atoms with E-state index in [-0.39, 0.29) is 6.09 Å². The number of fused-ring (bicyclic) bond motifs is 1. The number of methoxy groups -OCH3 is 1. The second kappa shape index (κ2) is 6.11. The molecule has 0 aromatic rings. The predicted molar refractivity (Wildman–Crippen MR) is 96.5 cm³/mol. The van der Waals surface area contributed by atoms with Crippen LogP contribution in [0.3, 0.4) is 0 Å². The Morgan fingerprint density at radius 2 is 1.65 bits per heavy atom. The van der Waals surface area contributed by atoms with Crippen LogP contribution < -0.4 is 0 Å². The molecule has 3 atom stereocenters. The maximum Gasteiger partial charge on any atom is 0.409 e. The second-order valence-corrected chi connectivity index (χ2v) is 9.40. The van der Waals surface area contributed by atoms with Crippen LogP contribution in [0.4, 0.5) is 4.79 Å². The first-order valence-electron chi connectivity index (χ1n) is 10.5. The first-order chi connectivity index (χ1) is 12.6. The van der Waals surface area contributed by atoms with Crippen LogP contribution in [0.2, 0.25) is 0 Å². The van der Waals surface area contributed by atoms with Crippen LogP contribution in [-0.2, 0) is 9.53 Å². The maximum atomic E-state index is 12.7. The van der Waals surface area contributed by atoms with Crippen LogP contribution >= 0.6 is 0 Å². The molecule has 26 heavy (non-hydrogen) atoms. The fourth-order valence-electron chi connectivity index (χ4n) is 6.30. The Balaban J connectivity index is 1.09. The van der Waals surface area contributed by atoms with Gasteiger partial charge in [0.25, 0.3) is 0 Å². The van der Waals surface area contributed by atoms with Gasteiger partial charge in [-0.2, -0.15) is 0 Å². The minimum absolute atomic E-state index is 0.174. The largest absolute Gasteiger partial charge is 0.453 e. The number of nitrogens with zero attached hydrogens (tertiary/aromatic N) is 3. The summed E-state index contributed by atoms with van der Waals surface area (Å²) < 4.78 is 4.87. The summed E-state index contributed by atoms with van der Waals surface area (Å²) in [7, 11) is 1.47. The van der Waals surface area contributed by atoms with Gasteiger partial charge in [0.05, 0.1) is 7.11 Å². The van der Waals surface area contributed by atoms with Gasteiger partial charge in [-0.25, -0.2) is 4.79 Å². The standard InChI is InChI=1S/C20H31N3O3/c1-26-19(25)22-8-5-20(13-22)9-14(10-20)23-11-15-16(12-23)17(15)18(24)21-6-3-2-4-7-21/h14-17H,2-13H2,1H3/t14?,15-,16+,17?,20?. The third-order valence-corrected chi connectivity index (χ3v) is 7.90. The molecule has 1 unspecified atom stereocenters. The van der Waals surface area contributed by atoms with Crippen molar-refractivity contribution in [2.45, 2.75) is 44.6 Å². The lowest BCUT2D eigenvalue weighted by atomic mass is 9.64. The van der Waals surface area contributed by atoms with Crippen molar-refractivity contribution in [2.75, 3.05) is 46.4 Å². The number of hydrogen-bond acceptors (Lipinski definition) is 4. The quantitative estimate of drug-likeness (QED) is 0.753. The lowest BCUT2D eigenvalue weighted by molar-refractivity contribution is -0.134. The maximum absolute atomic E-state index is 12.7. The van der Waals surface area contributed by atoms with E-state index in [2.05, 4.69) is 9.80 Å². The van der Waals surface area contributed by atoms with Crippen molar-refractivity contribution in [1.29, 1.82) is 0 Å². The topological polar surface area (TPSA) is 53.1 Å². The molecule has 3 heterocycles. The molecule has 144 valence electrons. The fraction of sp³-hybridized carbons (Fsp3) is 0.900. The van der Waals surface area contributed by atoms with Crippen molar-refractivity contribution in [1.82, 2.24) is 14.7 Å². The lowest BCUT2D eigenvalue weighted by Crippen LogP contribution is -2.52. The van der Waals surface area contributed by atoms with E-state index in [0.717, 1.165) is 45.7 Å². The molecule has 1 spiro atoms. The second-order valence-electron chi connectivity index (χ2n) is 9.40. The van der Waals surface area contributed by atoms with Crippen LogP contribution in [0.1, 0.15) is 38.5 Å². The summed E-state index contributed by atoms with van der Waals surface area (Å²) in [6, 6.07) is 0.672. The van der Waals surface area contributed by atoms with Gasteiger partial charge in [-0.1, -0.05) is 0 Å². The number of hydrogen-bond donors (Lipinski definition) is 0. The summed E-state index contributed by atoms with van der Waals surface area (Å²) in [4.78, 5) is 31.1. The van der Waals surface area contributed by atoms with E-state index in [9.17, 15) is 9.59 Å². The average Bonchev–Trinajstić information content (AvgIpc) is 3.02. The van der Waals surface area contributed by atoms with E-state index in [1.165, 1.54) is 39.2 Å². The van der Waals surface area contributed by atoms with E-state index < -0.39 is 0 Å². The molecule has 5 aliphatic rings. The van der Waals surface area contributed by atoms with Crippen molar-refractivity contribution in [2.24, 2.45) is 23.2 Å². The summed E-state index contributed by atoms with van der Waals surface area (Å²) in [6.07, 6.45) is 7.03. The lowest BCUT2D eigenvalue weighted by Gasteiger charge is -2.49. The number of carbonyl (C=O) groups is 2. The highest BCUT2D eigenvalue weighted by Gasteiger charge is 2.62. The molecule has 0 N–H and O–H groups in total. The fourth-order valence-corrected chi connectivity index (χ4v) is 6.30. The third kappa shape index (κ3) is 2.63. The van der Waals surface area contributed by atoms with Gasteiger partial charge in [-0.3, -0.25) is 9.69 Å². The van der Waals surface area contributed by atoms with Crippen molar-refractivity contribution in [3.05, 3.63) is 0 Å². The first-order valence-corrected chi connectivity index (χ1v) is 10.5. The Labute approximate surface area is 155 Å². The number of rotatable bonds is 2. The molecule has 6 heteroatoms. The van der Waals surface area contributed by atoms with Crippen molar-refractivity contribution < 1.29 is 14.3 Å². The Kier molecular flexibility index (Phi) is 3.96. The van der Waals surface area contributed by atoms with E-state index >= 15 is 0 Å². The van der Waals surface area contributed by atoms with Crippen LogP contribution in [0.25, 0.3) is 0 Å². The summed E-state index contributed by atoms with van der Waals surface area (Å²) in [5.41, 5.74) is 0.342. The normalized spacial score (nSPS) is 41.9. The third-order valence-electron chi connectivity index (χ3n) is 7.90. The monoisotopic (exact) mass is 361 g/mol. The van der Waals surface area contributed by atoms with Crippen LogP contribution in [0.5, 0.6) is 0 Å². The molecule has 3 aliphatic heterocycles. The smallest absolute Gasteiger partial charge is 0.409 e. The number of carbonyl (C=O) groups excluding carboxylic acids is 2. The zero-order valence-corrected chi connectivity index (χ0v) is 15.9. The van der Waals surface area contributed by atoms with Gasteiger partial charge >= 0.3 is 6.09 Å². The zero-order valence-electron chi connectivity index (χ0n) is 15.9. The number of likely N-dealkylation sites (tertiary alicyclic amines) is 3. The van der Waals surface area contributed by atoms with E-state index in [0.29, 0.717) is 35.1 Å². The number of amides is 2. The molecule has 0 radical (unpaired) electrons. The zero-order chi connectivity index (χ0) is 17.9. The van der Waals surface area contributed by atoms with E-state index in [4.69, 9.17) is 4.74 Å². The Bertz CT molecular complexity index is 585. The highest BCUT2D eigenvalue weighted by Crippen LogP contribution is 2.57. The SMILES string of the molecule is COC(=O)N1CCC2(CC(N3C[C@@H]4C(C(=O)N5CCCCC5)[C@@H]4C3)C2)C1. The molecule has 2 aliphatic carbocycles. The van der Waals surface area contributed by atoms with Gasteiger partial charge < -0.3 is 14.5 Å². The molecule has 2 saturated carbocycles. The molecule has 2 amide bonds. The van der Waals surface area contributed by atoms with E-state index in [1.54, 1.807) is 0 Å². The first kappa shape index (κ1) is 16.8. The van der Waals surface area contributed by atoms with Gasteiger partial charge in [-0.15, -0.1) is 0 Å². The van der Waals surface area contributed by atoms with Gasteiger partial charge in [0, 0.05) is 51.2 Å². The summed E-state index contributed by atoms with van der Waals surface area (Å²) >= 11 is 0. The molecule has 0 aromatic carbocycles. The number of piperidine rings is 2. The average molecular weight is 361 g/mol. The Morgan fingerprint density at radius 3 is 2.31 bits per heavy atom. The minimum atomic E-state index is -0.174. The molecule has 0 bridgehead atoms. The highest BCUT2D eigenvalue weighted by molar-refractivity contribution is 5.82. The number of ether oxygens (including phenoxy) is 1. The predicted octanol–water partition coefficient (Wildman–Crippen LogP) is 1.80. The van der Waals surface area contributed by atoms with Gasteiger partial charge in [0.2, 0.25) is 5.91 Å². The molecule has 5 rings (SSSR count). The summed E-state index contributed by atoms with van der Waals surface area (Å²) in [5.74, 6) is 2.03. The highest BCUT2D eigenvalue weighted by atomic mass is 16.5. The van der Waals surface area contributed by atoms with E-state index in [1.807, 2.05) is 4.90 Å². The molecular weight excluding hydrogens is 330 g/mol. The Hall–Kier alpha value is -1.30. The minimum Gasteiger partial charge on any atom is -0.453 e.